The molecule has 3 aromatic rings. The number of benzene rings is 2. The minimum atomic E-state index is -0.165. The van der Waals surface area contributed by atoms with Gasteiger partial charge in [0, 0.05) is 31.7 Å². The highest BCUT2D eigenvalue weighted by Gasteiger charge is 2.29. The van der Waals surface area contributed by atoms with E-state index < -0.39 is 0 Å². The molecule has 172 valence electrons. The number of amides is 1. The molecule has 2 aromatic carbocycles. The Labute approximate surface area is 192 Å². The second kappa shape index (κ2) is 9.03. The van der Waals surface area contributed by atoms with Crippen LogP contribution in [0.4, 0.5) is 4.39 Å². The van der Waals surface area contributed by atoms with Crippen molar-refractivity contribution in [3.05, 3.63) is 76.4 Å². The third kappa shape index (κ3) is 4.16. The number of halogens is 1. The number of hydrogen-bond donors (Lipinski definition) is 0. The van der Waals surface area contributed by atoms with Crippen LogP contribution in [0.25, 0.3) is 5.69 Å². The standard InChI is InChI=1S/C25H28FN5O2/c1-17-16-33-13-12-30(17)25(32)24-18(2)31(28-27-24)23-9-5-7-19-14-29(11-10-21(19)23)15-20-6-3-4-8-22(20)26/h3-9,17H,10-16H2,1-2H3/t17-/m0/s1. The molecule has 0 bridgehead atoms. The fourth-order valence-corrected chi connectivity index (χ4v) is 4.77. The predicted octanol–water partition coefficient (Wildman–Crippen LogP) is 3.13. The predicted molar refractivity (Wildman–Crippen MR) is 122 cm³/mol. The number of rotatable bonds is 4. The van der Waals surface area contributed by atoms with Crippen LogP contribution in [-0.2, 0) is 24.2 Å². The van der Waals surface area contributed by atoms with Gasteiger partial charge >= 0.3 is 0 Å². The quantitative estimate of drug-likeness (QED) is 0.612. The Morgan fingerprint density at radius 3 is 2.85 bits per heavy atom. The maximum absolute atomic E-state index is 14.1. The molecular formula is C25H28FN5O2. The van der Waals surface area contributed by atoms with Crippen molar-refractivity contribution in [3.8, 4) is 5.69 Å². The van der Waals surface area contributed by atoms with E-state index in [0.717, 1.165) is 30.9 Å². The summed E-state index contributed by atoms with van der Waals surface area (Å²) in [6.07, 6.45) is 0.822. The van der Waals surface area contributed by atoms with Crippen LogP contribution in [0, 0.1) is 12.7 Å². The molecule has 1 saturated heterocycles. The number of hydrogen-bond acceptors (Lipinski definition) is 5. The van der Waals surface area contributed by atoms with E-state index in [-0.39, 0.29) is 17.8 Å². The van der Waals surface area contributed by atoms with Crippen LogP contribution >= 0.6 is 0 Å². The monoisotopic (exact) mass is 449 g/mol. The summed E-state index contributed by atoms with van der Waals surface area (Å²) in [5, 5.41) is 8.62. The van der Waals surface area contributed by atoms with Crippen molar-refractivity contribution in [1.82, 2.24) is 24.8 Å². The molecule has 0 saturated carbocycles. The number of fused-ring (bicyclic) bond motifs is 1. The van der Waals surface area contributed by atoms with Crippen LogP contribution in [0.5, 0.6) is 0 Å². The number of carbonyl (C=O) groups is 1. The summed E-state index contributed by atoms with van der Waals surface area (Å²) in [5.41, 5.74) is 5.19. The van der Waals surface area contributed by atoms with Gasteiger partial charge in [0.15, 0.2) is 5.69 Å². The zero-order valence-electron chi connectivity index (χ0n) is 19.0. The van der Waals surface area contributed by atoms with Crippen LogP contribution in [0.2, 0.25) is 0 Å². The van der Waals surface area contributed by atoms with Gasteiger partial charge in [-0.3, -0.25) is 9.69 Å². The highest BCUT2D eigenvalue weighted by Crippen LogP contribution is 2.27. The third-order valence-corrected chi connectivity index (χ3v) is 6.63. The van der Waals surface area contributed by atoms with Gasteiger partial charge < -0.3 is 9.64 Å². The van der Waals surface area contributed by atoms with Gasteiger partial charge in [0.05, 0.1) is 30.6 Å². The summed E-state index contributed by atoms with van der Waals surface area (Å²) >= 11 is 0. The van der Waals surface area contributed by atoms with Crippen LogP contribution in [0.15, 0.2) is 42.5 Å². The maximum atomic E-state index is 14.1. The van der Waals surface area contributed by atoms with Gasteiger partial charge in [0.1, 0.15) is 5.82 Å². The lowest BCUT2D eigenvalue weighted by Crippen LogP contribution is -2.47. The molecule has 0 N–H and O–H groups in total. The van der Waals surface area contributed by atoms with Gasteiger partial charge in [-0.05, 0) is 43.5 Å². The van der Waals surface area contributed by atoms with Crippen molar-refractivity contribution in [2.75, 3.05) is 26.3 Å². The summed E-state index contributed by atoms with van der Waals surface area (Å²) in [6, 6.07) is 13.1. The van der Waals surface area contributed by atoms with Crippen molar-refractivity contribution in [2.24, 2.45) is 0 Å². The number of carbonyl (C=O) groups excluding carboxylic acids is 1. The molecule has 1 atom stereocenters. The lowest BCUT2D eigenvalue weighted by Gasteiger charge is -2.32. The van der Waals surface area contributed by atoms with Crippen molar-refractivity contribution in [3.63, 3.8) is 0 Å². The minimum absolute atomic E-state index is 0.0146. The van der Waals surface area contributed by atoms with E-state index in [1.54, 1.807) is 10.7 Å². The first-order chi connectivity index (χ1) is 16.0. The summed E-state index contributed by atoms with van der Waals surface area (Å²) in [6.45, 7) is 7.65. The molecule has 1 fully saturated rings. The maximum Gasteiger partial charge on any atom is 0.276 e. The third-order valence-electron chi connectivity index (χ3n) is 6.63. The van der Waals surface area contributed by atoms with Gasteiger partial charge in [-0.2, -0.15) is 0 Å². The lowest BCUT2D eigenvalue weighted by molar-refractivity contribution is 0.00322. The second-order valence-electron chi connectivity index (χ2n) is 8.82. The summed E-state index contributed by atoms with van der Waals surface area (Å²) < 4.78 is 21.4. The number of ether oxygens (including phenoxy) is 1. The average Bonchev–Trinajstić information content (AvgIpc) is 3.21. The van der Waals surface area contributed by atoms with Crippen LogP contribution < -0.4 is 0 Å². The molecular weight excluding hydrogens is 421 g/mol. The Bertz CT molecular complexity index is 1180. The van der Waals surface area contributed by atoms with Crippen LogP contribution in [0.1, 0.15) is 39.8 Å². The van der Waals surface area contributed by atoms with Gasteiger partial charge in [0.2, 0.25) is 0 Å². The molecule has 5 rings (SSSR count). The Morgan fingerprint density at radius 1 is 1.18 bits per heavy atom. The lowest BCUT2D eigenvalue weighted by atomic mass is 9.97. The Kier molecular flexibility index (Phi) is 5.95. The first kappa shape index (κ1) is 21.7. The highest BCUT2D eigenvalue weighted by molar-refractivity contribution is 5.93. The first-order valence-electron chi connectivity index (χ1n) is 11.4. The van der Waals surface area contributed by atoms with E-state index in [9.17, 15) is 9.18 Å². The van der Waals surface area contributed by atoms with Crippen LogP contribution in [0.3, 0.4) is 0 Å². The summed E-state index contributed by atoms with van der Waals surface area (Å²) in [7, 11) is 0. The van der Waals surface area contributed by atoms with Gasteiger partial charge in [0.25, 0.3) is 5.91 Å². The van der Waals surface area contributed by atoms with Gasteiger partial charge in [-0.1, -0.05) is 35.5 Å². The molecule has 3 heterocycles. The largest absolute Gasteiger partial charge is 0.377 e. The van der Waals surface area contributed by atoms with E-state index in [4.69, 9.17) is 4.74 Å². The molecule has 7 nitrogen and oxygen atoms in total. The van der Waals surface area contributed by atoms with Crippen molar-refractivity contribution >= 4 is 5.91 Å². The van der Waals surface area contributed by atoms with E-state index in [0.29, 0.717) is 37.6 Å². The first-order valence-corrected chi connectivity index (χ1v) is 11.4. The fourth-order valence-electron chi connectivity index (χ4n) is 4.77. The average molecular weight is 450 g/mol. The number of aromatic nitrogens is 3. The molecule has 33 heavy (non-hydrogen) atoms. The summed E-state index contributed by atoms with van der Waals surface area (Å²) in [5.74, 6) is -0.266. The Balaban J connectivity index is 1.39. The SMILES string of the molecule is Cc1c(C(=O)N2CCOC[C@@H]2C)nnn1-c1cccc2c1CCN(Cc1ccccc1F)C2. The molecule has 0 unspecified atom stereocenters. The van der Waals surface area contributed by atoms with E-state index in [1.165, 1.54) is 17.2 Å². The second-order valence-corrected chi connectivity index (χ2v) is 8.82. The highest BCUT2D eigenvalue weighted by atomic mass is 19.1. The number of morpholine rings is 1. The molecule has 0 spiro atoms. The normalized spacial score (nSPS) is 18.9. The summed E-state index contributed by atoms with van der Waals surface area (Å²) in [4.78, 5) is 17.2. The van der Waals surface area contributed by atoms with E-state index >= 15 is 0 Å². The molecule has 1 aromatic heterocycles. The fraction of sp³-hybridized carbons (Fsp3) is 0.400. The molecule has 8 heteroatoms. The van der Waals surface area contributed by atoms with Gasteiger partial charge in [-0.15, -0.1) is 5.10 Å². The molecule has 2 aliphatic rings. The van der Waals surface area contributed by atoms with E-state index in [2.05, 4.69) is 21.3 Å². The molecule has 0 aliphatic carbocycles. The minimum Gasteiger partial charge on any atom is -0.377 e. The molecule has 0 radical (unpaired) electrons. The molecule has 2 aliphatic heterocycles. The van der Waals surface area contributed by atoms with Crippen LogP contribution in [-0.4, -0.2) is 63.0 Å². The molecule has 1 amide bonds. The van der Waals surface area contributed by atoms with Crippen molar-refractivity contribution in [2.45, 2.75) is 39.4 Å². The van der Waals surface area contributed by atoms with Gasteiger partial charge in [-0.25, -0.2) is 9.07 Å². The smallest absolute Gasteiger partial charge is 0.276 e. The van der Waals surface area contributed by atoms with E-state index in [1.807, 2.05) is 43.0 Å². The Morgan fingerprint density at radius 2 is 2.03 bits per heavy atom. The van der Waals surface area contributed by atoms with Crippen molar-refractivity contribution < 1.29 is 13.9 Å². The zero-order chi connectivity index (χ0) is 22.9. The number of nitrogens with zero attached hydrogens (tertiary/aromatic N) is 5. The van der Waals surface area contributed by atoms with Crippen molar-refractivity contribution in [1.29, 1.82) is 0 Å². The zero-order valence-corrected chi connectivity index (χ0v) is 19.0. The Hall–Kier alpha value is -3.10. The topological polar surface area (TPSA) is 63.5 Å².